The van der Waals surface area contributed by atoms with Gasteiger partial charge in [0.05, 0.1) is 18.2 Å². The Hall–Kier alpha value is -2.80. The van der Waals surface area contributed by atoms with Gasteiger partial charge in [0, 0.05) is 7.05 Å². The maximum atomic E-state index is 12.2. The molecule has 0 aliphatic carbocycles. The molecule has 2 aliphatic rings. The summed E-state index contributed by atoms with van der Waals surface area (Å²) in [5.74, 6) is -1.23. The Morgan fingerprint density at radius 2 is 2.25 bits per heavy atom. The molecular weight excluding hydrogens is 374 g/mol. The van der Waals surface area contributed by atoms with Crippen molar-refractivity contribution in [2.45, 2.75) is 38.2 Å². The number of guanidine groups is 1. The van der Waals surface area contributed by atoms with Crippen LogP contribution < -0.4 is 11.1 Å². The van der Waals surface area contributed by atoms with Crippen molar-refractivity contribution < 1.29 is 24.2 Å². The van der Waals surface area contributed by atoms with Crippen LogP contribution in [-0.2, 0) is 19.1 Å². The number of hydrogen-bond acceptors (Lipinski definition) is 11. The molecule has 0 aromatic rings. The Balaban J connectivity index is 1.87. The van der Waals surface area contributed by atoms with Crippen LogP contribution >= 0.6 is 0 Å². The molecule has 13 heteroatoms. The first-order chi connectivity index (χ1) is 13.3. The molecule has 0 aromatic heterocycles. The van der Waals surface area contributed by atoms with Crippen LogP contribution in [0.5, 0.6) is 0 Å². The lowest BCUT2D eigenvalue weighted by molar-refractivity contribution is -0.158. The summed E-state index contributed by atoms with van der Waals surface area (Å²) in [6.45, 7) is 2.82. The van der Waals surface area contributed by atoms with Crippen molar-refractivity contribution in [3.05, 3.63) is 4.91 Å². The largest absolute Gasteiger partial charge is 0.461 e. The molecule has 0 spiro atoms. The van der Waals surface area contributed by atoms with E-state index in [0.29, 0.717) is 0 Å². The molecule has 0 saturated heterocycles. The fourth-order valence-corrected chi connectivity index (χ4v) is 2.83. The van der Waals surface area contributed by atoms with E-state index in [-0.39, 0.29) is 31.1 Å². The van der Waals surface area contributed by atoms with Crippen molar-refractivity contribution in [3.8, 4) is 0 Å². The minimum absolute atomic E-state index is 0.0120. The van der Waals surface area contributed by atoms with Crippen molar-refractivity contribution in [1.29, 1.82) is 0 Å². The van der Waals surface area contributed by atoms with E-state index in [1.807, 2.05) is 0 Å². The van der Waals surface area contributed by atoms with Crippen molar-refractivity contribution >= 4 is 24.2 Å². The van der Waals surface area contributed by atoms with E-state index in [1.54, 1.807) is 18.7 Å². The zero-order valence-electron chi connectivity index (χ0n) is 15.9. The Bertz CT molecular complexity index is 655. The fourth-order valence-electron chi connectivity index (χ4n) is 2.83. The van der Waals surface area contributed by atoms with Crippen molar-refractivity contribution in [2.24, 2.45) is 26.9 Å². The van der Waals surface area contributed by atoms with Crippen LogP contribution in [0.2, 0.25) is 0 Å². The normalized spacial score (nSPS) is 23.0. The number of nitrogens with one attached hydrogen (secondary N) is 1. The number of esters is 1. The SMILES string of the molecule is CC(C)[C@@H](C(=O)OCC(CO)OCN1C=NC2C(=O)NC(N)=NC21)N(C)N=O. The summed E-state index contributed by atoms with van der Waals surface area (Å²) in [6, 6.07) is -1.57. The highest BCUT2D eigenvalue weighted by molar-refractivity contribution is 6.02. The molecule has 0 radical (unpaired) electrons. The Morgan fingerprint density at radius 1 is 1.54 bits per heavy atom. The molecular formula is C15H25N7O6. The topological polar surface area (TPSA) is 172 Å². The number of carbonyl (C=O) groups excluding carboxylic acids is 2. The van der Waals surface area contributed by atoms with Gasteiger partial charge in [-0.3, -0.25) is 15.1 Å². The minimum Gasteiger partial charge on any atom is -0.461 e. The maximum Gasteiger partial charge on any atom is 0.330 e. The van der Waals surface area contributed by atoms with E-state index >= 15 is 0 Å². The van der Waals surface area contributed by atoms with Crippen LogP contribution in [0, 0.1) is 10.8 Å². The van der Waals surface area contributed by atoms with Gasteiger partial charge in [-0.05, 0) is 5.92 Å². The number of amides is 1. The van der Waals surface area contributed by atoms with Gasteiger partial charge in [0.15, 0.2) is 18.2 Å². The summed E-state index contributed by atoms with van der Waals surface area (Å²) in [7, 11) is 1.38. The molecule has 0 bridgehead atoms. The molecule has 2 aliphatic heterocycles. The molecule has 2 heterocycles. The average Bonchev–Trinajstić information content (AvgIpc) is 3.04. The number of rotatable bonds is 10. The summed E-state index contributed by atoms with van der Waals surface area (Å²) < 4.78 is 10.7. The van der Waals surface area contributed by atoms with Crippen LogP contribution in [0.3, 0.4) is 0 Å². The number of aliphatic hydroxyl groups excluding tert-OH is 1. The van der Waals surface area contributed by atoms with E-state index in [4.69, 9.17) is 15.2 Å². The molecule has 156 valence electrons. The summed E-state index contributed by atoms with van der Waals surface area (Å²) >= 11 is 0. The molecule has 2 rings (SSSR count). The molecule has 3 unspecified atom stereocenters. The molecule has 0 aromatic carbocycles. The minimum atomic E-state index is -0.846. The highest BCUT2D eigenvalue weighted by Crippen LogP contribution is 2.18. The lowest BCUT2D eigenvalue weighted by Crippen LogP contribution is -2.54. The highest BCUT2D eigenvalue weighted by Gasteiger charge is 2.39. The number of fused-ring (bicyclic) bond motifs is 1. The molecule has 0 fully saturated rings. The number of aliphatic hydroxyl groups is 1. The van der Waals surface area contributed by atoms with Gasteiger partial charge in [-0.15, -0.1) is 4.91 Å². The zero-order chi connectivity index (χ0) is 20.8. The predicted molar refractivity (Wildman–Crippen MR) is 97.6 cm³/mol. The monoisotopic (exact) mass is 399 g/mol. The number of carbonyl (C=O) groups is 2. The molecule has 4 atom stereocenters. The van der Waals surface area contributed by atoms with E-state index in [0.717, 1.165) is 5.01 Å². The lowest BCUT2D eigenvalue weighted by atomic mass is 10.0. The van der Waals surface area contributed by atoms with Crippen LogP contribution in [-0.4, -0.2) is 90.5 Å². The van der Waals surface area contributed by atoms with Crippen LogP contribution in [0.15, 0.2) is 15.3 Å². The first-order valence-corrected chi connectivity index (χ1v) is 8.66. The van der Waals surface area contributed by atoms with E-state index in [1.165, 1.54) is 13.4 Å². The first-order valence-electron chi connectivity index (χ1n) is 8.66. The van der Waals surface area contributed by atoms with Crippen LogP contribution in [0.4, 0.5) is 0 Å². The van der Waals surface area contributed by atoms with Gasteiger partial charge in [0.2, 0.25) is 0 Å². The number of likely N-dealkylation sites (N-methyl/N-ethyl adjacent to an activating group) is 1. The summed E-state index contributed by atoms with van der Waals surface area (Å²) in [5, 5.41) is 15.6. The number of ether oxygens (including phenoxy) is 2. The van der Waals surface area contributed by atoms with Crippen molar-refractivity contribution in [2.75, 3.05) is 27.0 Å². The van der Waals surface area contributed by atoms with Gasteiger partial charge in [0.25, 0.3) is 5.91 Å². The van der Waals surface area contributed by atoms with Crippen molar-refractivity contribution in [1.82, 2.24) is 15.2 Å². The standard InChI is InChI=1S/C15H25N7O6/c1-8(2)11(21(3)20-26)14(25)27-5-9(4-23)28-7-22-6-17-10-12(22)18-15(16)19-13(10)24/h6,8-12,23H,4-5,7H2,1-3H3,(H3,16,18,19,24)/t9?,10?,11-,12?/m0/s1. The first kappa shape index (κ1) is 21.5. The number of aliphatic imine (C=N–C) groups is 2. The van der Waals surface area contributed by atoms with E-state index in [2.05, 4.69) is 20.6 Å². The van der Waals surface area contributed by atoms with Crippen LogP contribution in [0.1, 0.15) is 13.8 Å². The van der Waals surface area contributed by atoms with Gasteiger partial charge >= 0.3 is 5.97 Å². The maximum absolute atomic E-state index is 12.2. The third-order valence-corrected chi connectivity index (χ3v) is 4.27. The highest BCUT2D eigenvalue weighted by atomic mass is 16.6. The molecule has 1 amide bonds. The van der Waals surface area contributed by atoms with Crippen molar-refractivity contribution in [3.63, 3.8) is 0 Å². The number of nitrogens with zero attached hydrogens (tertiary/aromatic N) is 5. The average molecular weight is 399 g/mol. The number of nitroso groups, excluding NO2 is 1. The van der Waals surface area contributed by atoms with Gasteiger partial charge in [-0.1, -0.05) is 13.8 Å². The molecule has 13 nitrogen and oxygen atoms in total. The predicted octanol–water partition coefficient (Wildman–Crippen LogP) is -2.01. The zero-order valence-corrected chi connectivity index (χ0v) is 15.9. The number of nitrogens with two attached hydrogens (primary N) is 1. The summed E-state index contributed by atoms with van der Waals surface area (Å²) in [5.41, 5.74) is 5.56. The quantitative estimate of drug-likeness (QED) is 0.213. The third-order valence-electron chi connectivity index (χ3n) is 4.27. The second-order valence-corrected chi connectivity index (χ2v) is 6.72. The van der Waals surface area contributed by atoms with Gasteiger partial charge in [-0.2, -0.15) is 0 Å². The lowest BCUT2D eigenvalue weighted by Gasteiger charge is -2.29. The van der Waals surface area contributed by atoms with E-state index in [9.17, 15) is 19.6 Å². The van der Waals surface area contributed by atoms with Gasteiger partial charge in [-0.25, -0.2) is 14.8 Å². The molecule has 28 heavy (non-hydrogen) atoms. The Morgan fingerprint density at radius 3 is 2.86 bits per heavy atom. The third kappa shape index (κ3) is 4.92. The fraction of sp³-hybridized carbons (Fsp3) is 0.733. The molecule has 0 saturated carbocycles. The Kier molecular flexibility index (Phi) is 7.23. The smallest absolute Gasteiger partial charge is 0.330 e. The second-order valence-electron chi connectivity index (χ2n) is 6.72. The Labute approximate surface area is 161 Å². The van der Waals surface area contributed by atoms with E-state index < -0.39 is 36.9 Å². The number of hydrogen-bond donors (Lipinski definition) is 3. The van der Waals surface area contributed by atoms with Gasteiger partial charge < -0.3 is 25.2 Å². The van der Waals surface area contributed by atoms with Crippen LogP contribution in [0.25, 0.3) is 0 Å². The summed E-state index contributed by atoms with van der Waals surface area (Å²) in [6.07, 6.45) is -0.0394. The molecule has 4 N–H and O–H groups in total. The second kappa shape index (κ2) is 9.41. The van der Waals surface area contributed by atoms with Gasteiger partial charge in [0.1, 0.15) is 25.5 Å². The summed E-state index contributed by atoms with van der Waals surface area (Å²) in [4.78, 5) is 44.4.